The predicted molar refractivity (Wildman–Crippen MR) is 106 cm³/mol. The van der Waals surface area contributed by atoms with Gasteiger partial charge in [-0.05, 0) is 24.3 Å². The van der Waals surface area contributed by atoms with Gasteiger partial charge in [-0.3, -0.25) is 0 Å². The van der Waals surface area contributed by atoms with Crippen molar-refractivity contribution in [1.82, 2.24) is 0 Å². The minimum absolute atomic E-state index is 0.478. The lowest BCUT2D eigenvalue weighted by molar-refractivity contribution is -0.497. The highest BCUT2D eigenvalue weighted by atomic mass is 32.2. The number of thioether (sulfide) groups is 2. The SMILES string of the molecule is C/[N+]([O-])=N\Nc1ccccc1SCCSc1ccccc1N/N=[N+](\C)[O-]. The van der Waals surface area contributed by atoms with Crippen LogP contribution in [0.2, 0.25) is 0 Å². The summed E-state index contributed by atoms with van der Waals surface area (Å²) in [6.07, 6.45) is 0. The lowest BCUT2D eigenvalue weighted by Gasteiger charge is -2.07. The number of para-hydroxylation sites is 2. The standard InChI is InChI=1S/C16H20N6O2S2/c1-21(23)19-17-13-7-3-5-9-15(13)25-11-12-26-16-10-6-4-8-14(16)18-20-22(2)24/h3-10,17-18H,11-12H2,1-2H3/b21-19+,22-20+. The van der Waals surface area contributed by atoms with Gasteiger partial charge in [0, 0.05) is 11.5 Å². The first-order valence-corrected chi connectivity index (χ1v) is 9.72. The predicted octanol–water partition coefficient (Wildman–Crippen LogP) is 4.41. The van der Waals surface area contributed by atoms with E-state index in [1.54, 1.807) is 23.5 Å². The number of rotatable bonds is 9. The summed E-state index contributed by atoms with van der Waals surface area (Å²) in [7, 11) is 2.64. The van der Waals surface area contributed by atoms with Crippen molar-refractivity contribution in [2.75, 3.05) is 36.5 Å². The van der Waals surface area contributed by atoms with Crippen LogP contribution >= 0.6 is 23.5 Å². The fraction of sp³-hybridized carbons (Fsp3) is 0.250. The van der Waals surface area contributed by atoms with Crippen LogP contribution in [0.3, 0.4) is 0 Å². The van der Waals surface area contributed by atoms with Crippen LogP contribution in [0, 0.1) is 10.4 Å². The van der Waals surface area contributed by atoms with Crippen LogP contribution in [0.1, 0.15) is 0 Å². The average Bonchev–Trinajstić information content (AvgIpc) is 2.63. The smallest absolute Gasteiger partial charge is 0.160 e. The minimum atomic E-state index is 0.478. The van der Waals surface area contributed by atoms with E-state index in [4.69, 9.17) is 0 Å². The van der Waals surface area contributed by atoms with Gasteiger partial charge in [0.05, 0.1) is 20.2 Å². The van der Waals surface area contributed by atoms with E-state index in [9.17, 15) is 10.4 Å². The van der Waals surface area contributed by atoms with Crippen molar-refractivity contribution in [3.05, 3.63) is 58.9 Å². The quantitative estimate of drug-likeness (QED) is 0.215. The van der Waals surface area contributed by atoms with Crippen LogP contribution in [0.15, 0.2) is 68.8 Å². The first-order valence-electron chi connectivity index (χ1n) is 7.75. The van der Waals surface area contributed by atoms with Gasteiger partial charge in [-0.15, -0.1) is 34.4 Å². The number of benzene rings is 2. The molecule has 0 spiro atoms. The van der Waals surface area contributed by atoms with Gasteiger partial charge in [-0.25, -0.2) is 0 Å². The Balaban J connectivity index is 1.90. The maximum absolute atomic E-state index is 10.9. The molecule has 0 aromatic heterocycles. The molecule has 0 aliphatic carbocycles. The summed E-state index contributed by atoms with van der Waals surface area (Å²) >= 11 is 3.35. The molecule has 0 heterocycles. The molecule has 0 atom stereocenters. The van der Waals surface area contributed by atoms with Crippen molar-refractivity contribution >= 4 is 34.9 Å². The number of hydrogen-bond donors (Lipinski definition) is 2. The van der Waals surface area contributed by atoms with E-state index < -0.39 is 0 Å². The maximum Gasteiger partial charge on any atom is 0.160 e. The summed E-state index contributed by atoms with van der Waals surface area (Å²) < 4.78 is 0. The van der Waals surface area contributed by atoms with Crippen molar-refractivity contribution < 1.29 is 9.72 Å². The molecular formula is C16H20N6O2S2. The molecule has 0 amide bonds. The average molecular weight is 393 g/mol. The van der Waals surface area contributed by atoms with E-state index >= 15 is 0 Å². The third-order valence-electron chi connectivity index (χ3n) is 3.00. The molecule has 10 heteroatoms. The molecule has 0 saturated carbocycles. The molecule has 0 radical (unpaired) electrons. The number of anilines is 2. The summed E-state index contributed by atoms with van der Waals surface area (Å²) in [5, 5.41) is 29.1. The first kappa shape index (κ1) is 19.9. The highest BCUT2D eigenvalue weighted by Gasteiger charge is 2.08. The Morgan fingerprint density at radius 1 is 0.769 bits per heavy atom. The van der Waals surface area contributed by atoms with Crippen LogP contribution in [0.5, 0.6) is 0 Å². The van der Waals surface area contributed by atoms with Crippen molar-refractivity contribution in [2.24, 2.45) is 10.4 Å². The molecule has 0 bridgehead atoms. The second kappa shape index (κ2) is 10.5. The maximum atomic E-state index is 10.9. The monoisotopic (exact) mass is 392 g/mol. The van der Waals surface area contributed by atoms with Crippen LogP contribution < -0.4 is 10.9 Å². The topological polar surface area (TPSA) is 101 Å². The number of nitrogens with zero attached hydrogens (tertiary/aromatic N) is 4. The summed E-state index contributed by atoms with van der Waals surface area (Å²) in [4.78, 5) is 3.00. The van der Waals surface area contributed by atoms with Gasteiger partial charge < -0.3 is 10.4 Å². The normalized spacial score (nSPS) is 12.1. The second-order valence-electron chi connectivity index (χ2n) is 5.04. The zero-order chi connectivity index (χ0) is 18.8. The van der Waals surface area contributed by atoms with Crippen molar-refractivity contribution in [3.8, 4) is 0 Å². The largest absolute Gasteiger partial charge is 0.696 e. The number of nitrogens with one attached hydrogen (secondary N) is 2. The van der Waals surface area contributed by atoms with E-state index in [1.807, 2.05) is 48.5 Å². The molecule has 2 rings (SSSR count). The summed E-state index contributed by atoms with van der Waals surface area (Å²) in [5.41, 5.74) is 7.12. The van der Waals surface area contributed by atoms with Crippen molar-refractivity contribution in [3.63, 3.8) is 0 Å². The molecular weight excluding hydrogens is 372 g/mol. The van der Waals surface area contributed by atoms with E-state index in [2.05, 4.69) is 21.3 Å². The van der Waals surface area contributed by atoms with Crippen LogP contribution in [-0.2, 0) is 0 Å². The molecule has 0 aliphatic rings. The molecule has 2 N–H and O–H groups in total. The molecule has 2 aromatic carbocycles. The van der Waals surface area contributed by atoms with Gasteiger partial charge in [0.1, 0.15) is 14.1 Å². The van der Waals surface area contributed by atoms with E-state index in [1.165, 1.54) is 14.1 Å². The Morgan fingerprint density at radius 2 is 1.15 bits per heavy atom. The first-order chi connectivity index (χ1) is 12.6. The van der Waals surface area contributed by atoms with Crippen molar-refractivity contribution in [1.29, 1.82) is 0 Å². The van der Waals surface area contributed by atoms with Gasteiger partial charge in [0.2, 0.25) is 0 Å². The van der Waals surface area contributed by atoms with E-state index in [0.717, 1.165) is 32.7 Å². The molecule has 26 heavy (non-hydrogen) atoms. The van der Waals surface area contributed by atoms with Gasteiger partial charge in [-0.1, -0.05) is 24.3 Å². The molecule has 8 nitrogen and oxygen atoms in total. The van der Waals surface area contributed by atoms with E-state index in [0.29, 0.717) is 9.72 Å². The second-order valence-corrected chi connectivity index (χ2v) is 7.31. The van der Waals surface area contributed by atoms with Gasteiger partial charge in [0.15, 0.2) is 11.4 Å². The summed E-state index contributed by atoms with van der Waals surface area (Å²) in [6, 6.07) is 15.4. The third kappa shape index (κ3) is 6.81. The Morgan fingerprint density at radius 3 is 1.54 bits per heavy atom. The van der Waals surface area contributed by atoms with Gasteiger partial charge in [0.25, 0.3) is 0 Å². The minimum Gasteiger partial charge on any atom is -0.696 e. The fourth-order valence-electron chi connectivity index (χ4n) is 1.92. The van der Waals surface area contributed by atoms with Gasteiger partial charge >= 0.3 is 0 Å². The van der Waals surface area contributed by atoms with Crippen LogP contribution in [0.4, 0.5) is 11.4 Å². The molecule has 2 aromatic rings. The van der Waals surface area contributed by atoms with Crippen molar-refractivity contribution in [2.45, 2.75) is 9.79 Å². The fourth-order valence-corrected chi connectivity index (χ4v) is 3.92. The Labute approximate surface area is 160 Å². The third-order valence-corrected chi connectivity index (χ3v) is 5.40. The highest BCUT2D eigenvalue weighted by molar-refractivity contribution is 8.03. The van der Waals surface area contributed by atoms with Crippen LogP contribution in [-0.4, -0.2) is 35.3 Å². The van der Waals surface area contributed by atoms with Crippen LogP contribution in [0.25, 0.3) is 0 Å². The number of hydrogen-bond acceptors (Lipinski definition) is 6. The number of hydroxylamine groups is 2. The summed E-state index contributed by atoms with van der Waals surface area (Å²) in [5.74, 6) is 1.73. The zero-order valence-electron chi connectivity index (χ0n) is 14.5. The Kier molecular flexibility index (Phi) is 8.03. The molecule has 0 saturated heterocycles. The molecule has 0 aliphatic heterocycles. The Bertz CT molecular complexity index is 711. The highest BCUT2D eigenvalue weighted by Crippen LogP contribution is 2.31. The Hall–Kier alpha value is -2.46. The molecule has 0 unspecified atom stereocenters. The van der Waals surface area contributed by atoms with Gasteiger partial charge in [-0.2, -0.15) is 9.72 Å². The lowest BCUT2D eigenvalue weighted by Crippen LogP contribution is -1.99. The lowest BCUT2D eigenvalue weighted by atomic mass is 10.3. The zero-order valence-corrected chi connectivity index (χ0v) is 16.1. The molecule has 0 fully saturated rings. The van der Waals surface area contributed by atoms with E-state index in [-0.39, 0.29) is 0 Å². The molecule has 138 valence electrons. The summed E-state index contributed by atoms with van der Waals surface area (Å²) in [6.45, 7) is 0.